The zero-order chi connectivity index (χ0) is 22.8. The van der Waals surface area contributed by atoms with Crippen LogP contribution in [0.4, 0.5) is 0 Å². The van der Waals surface area contributed by atoms with Crippen molar-refractivity contribution >= 4 is 23.2 Å². The van der Waals surface area contributed by atoms with Gasteiger partial charge in [-0.3, -0.25) is 14.6 Å². The zero-order valence-corrected chi connectivity index (χ0v) is 19.5. The predicted octanol–water partition coefficient (Wildman–Crippen LogP) is 1.38. The zero-order valence-electron chi connectivity index (χ0n) is 18.6. The lowest BCUT2D eigenvalue weighted by atomic mass is 10.1. The summed E-state index contributed by atoms with van der Waals surface area (Å²) in [7, 11) is 8.19. The van der Waals surface area contributed by atoms with Crippen LogP contribution in [0.3, 0.4) is 0 Å². The molecule has 2 aromatic rings. The number of carbonyl (C=O) groups excluding carboxylic acids is 2. The van der Waals surface area contributed by atoms with Gasteiger partial charge >= 0.3 is 0 Å². The maximum absolute atomic E-state index is 12.0. The van der Waals surface area contributed by atoms with Crippen LogP contribution >= 0.6 is 11.3 Å². The monoisotopic (exact) mass is 450 g/mol. The Balaban J connectivity index is 2.27. The first-order valence-corrected chi connectivity index (χ1v) is 10.7. The summed E-state index contributed by atoms with van der Waals surface area (Å²) in [4.78, 5) is 30.3. The van der Waals surface area contributed by atoms with Crippen molar-refractivity contribution in [2.45, 2.75) is 13.0 Å². The second-order valence-electron chi connectivity index (χ2n) is 6.85. The third-order valence-corrected chi connectivity index (χ3v) is 5.41. The van der Waals surface area contributed by atoms with Gasteiger partial charge in [0.25, 0.3) is 5.91 Å². The number of hydrogen-bond acceptors (Lipinski definition) is 7. The normalized spacial score (nSPS) is 11.3. The highest BCUT2D eigenvalue weighted by atomic mass is 32.1. The number of thiazole rings is 1. The van der Waals surface area contributed by atoms with Gasteiger partial charge in [0.1, 0.15) is 18.1 Å². The number of methoxy groups -OCH3 is 2. The van der Waals surface area contributed by atoms with E-state index in [1.165, 1.54) is 23.3 Å². The van der Waals surface area contributed by atoms with Crippen LogP contribution in [0.1, 0.15) is 6.42 Å². The maximum atomic E-state index is 12.0. The van der Waals surface area contributed by atoms with Crippen molar-refractivity contribution in [3.05, 3.63) is 28.4 Å². The van der Waals surface area contributed by atoms with Crippen molar-refractivity contribution < 1.29 is 23.8 Å². The van der Waals surface area contributed by atoms with Gasteiger partial charge in [-0.15, -0.1) is 11.3 Å². The Bertz CT molecular complexity index is 951. The Hall–Kier alpha value is -2.85. The van der Waals surface area contributed by atoms with Gasteiger partial charge in [-0.25, -0.2) is 0 Å². The molecule has 0 fully saturated rings. The van der Waals surface area contributed by atoms with E-state index in [0.29, 0.717) is 24.6 Å². The van der Waals surface area contributed by atoms with Crippen molar-refractivity contribution in [3.63, 3.8) is 0 Å². The molecule has 170 valence electrons. The Labute approximate surface area is 186 Å². The molecule has 0 atom stereocenters. The fourth-order valence-corrected chi connectivity index (χ4v) is 3.71. The number of carbonyl (C=O) groups is 2. The molecule has 0 aliphatic rings. The van der Waals surface area contributed by atoms with Crippen molar-refractivity contribution in [1.82, 2.24) is 14.8 Å². The first-order chi connectivity index (χ1) is 14.9. The summed E-state index contributed by atoms with van der Waals surface area (Å²) in [6, 6.07) is 5.53. The molecule has 9 nitrogen and oxygen atoms in total. The number of hydrogen-bond donors (Lipinski definition) is 1. The molecule has 31 heavy (non-hydrogen) atoms. The largest absolute Gasteiger partial charge is 0.497 e. The Morgan fingerprint density at radius 2 is 2.00 bits per heavy atom. The lowest BCUT2D eigenvalue weighted by Gasteiger charge is -2.16. The fraction of sp³-hybridized carbons (Fsp3) is 0.476. The number of amides is 2. The van der Waals surface area contributed by atoms with E-state index in [9.17, 15) is 9.59 Å². The fourth-order valence-electron chi connectivity index (χ4n) is 2.81. The number of likely N-dealkylation sites (N-methyl/N-ethyl adjacent to an activating group) is 1. The molecular weight excluding hydrogens is 420 g/mol. The van der Waals surface area contributed by atoms with Gasteiger partial charge in [0.2, 0.25) is 5.91 Å². The van der Waals surface area contributed by atoms with E-state index in [0.717, 1.165) is 22.5 Å². The van der Waals surface area contributed by atoms with Gasteiger partial charge in [-0.2, -0.15) is 0 Å². The molecule has 0 spiro atoms. The molecular formula is C21H30N4O5S. The molecule has 2 amide bonds. The van der Waals surface area contributed by atoms with Gasteiger partial charge in [0, 0.05) is 58.4 Å². The first-order valence-electron chi connectivity index (χ1n) is 9.79. The van der Waals surface area contributed by atoms with E-state index in [1.54, 1.807) is 34.3 Å². The highest BCUT2D eigenvalue weighted by Gasteiger charge is 2.16. The molecule has 0 saturated heterocycles. The average Bonchev–Trinajstić information content (AvgIpc) is 3.17. The molecule has 0 aliphatic heterocycles. The van der Waals surface area contributed by atoms with Crippen LogP contribution in [0.15, 0.2) is 28.6 Å². The first kappa shape index (κ1) is 24.4. The van der Waals surface area contributed by atoms with Crippen molar-refractivity contribution in [3.8, 4) is 22.8 Å². The van der Waals surface area contributed by atoms with Gasteiger partial charge in [-0.05, 0) is 18.6 Å². The highest BCUT2D eigenvalue weighted by molar-refractivity contribution is 7.07. The van der Waals surface area contributed by atoms with Crippen molar-refractivity contribution in [1.29, 1.82) is 0 Å². The van der Waals surface area contributed by atoms with Gasteiger partial charge in [0.15, 0.2) is 11.4 Å². The number of nitrogens with one attached hydrogen (secondary N) is 1. The molecule has 0 bridgehead atoms. The van der Waals surface area contributed by atoms with Gasteiger partial charge < -0.3 is 29.0 Å². The topological polar surface area (TPSA) is 94.4 Å². The molecule has 2 rings (SSSR count). The summed E-state index contributed by atoms with van der Waals surface area (Å²) in [6.45, 7) is 1.15. The van der Waals surface area contributed by atoms with Crippen molar-refractivity contribution in [2.24, 2.45) is 4.99 Å². The van der Waals surface area contributed by atoms with Crippen LogP contribution in [-0.4, -0.2) is 76.4 Å². The van der Waals surface area contributed by atoms with E-state index in [-0.39, 0.29) is 25.0 Å². The van der Waals surface area contributed by atoms with E-state index >= 15 is 0 Å². The van der Waals surface area contributed by atoms with Gasteiger partial charge in [0.05, 0.1) is 12.8 Å². The molecule has 1 aromatic carbocycles. The molecule has 1 N–H and O–H groups in total. The summed E-state index contributed by atoms with van der Waals surface area (Å²) in [6.07, 6.45) is 0.720. The van der Waals surface area contributed by atoms with Crippen LogP contribution < -0.4 is 19.6 Å². The summed E-state index contributed by atoms with van der Waals surface area (Å²) in [5.41, 5.74) is 1.76. The Morgan fingerprint density at radius 1 is 1.23 bits per heavy atom. The van der Waals surface area contributed by atoms with Crippen LogP contribution in [0.25, 0.3) is 11.3 Å². The average molecular weight is 451 g/mol. The third kappa shape index (κ3) is 6.83. The number of ether oxygens (including phenoxy) is 3. The number of nitrogens with zero attached hydrogens (tertiary/aromatic N) is 3. The summed E-state index contributed by atoms with van der Waals surface area (Å²) in [5, 5.41) is 4.83. The van der Waals surface area contributed by atoms with Crippen LogP contribution in [0.5, 0.6) is 11.5 Å². The summed E-state index contributed by atoms with van der Waals surface area (Å²) < 4.78 is 18.1. The smallest absolute Gasteiger partial charge is 0.259 e. The number of aromatic nitrogens is 1. The SMILES string of the molecule is CN=c1scc(-c2ccc(OC)cc2OCC(=O)N(C)C)n1CCCNC(=O)COC. The van der Waals surface area contributed by atoms with Crippen LogP contribution in [-0.2, 0) is 20.9 Å². The molecule has 10 heteroatoms. The standard InChI is InChI=1S/C21H30N4O5S/c1-22-21-25(10-6-9-23-19(26)12-28-4)17(14-31-21)16-8-7-15(29-5)11-18(16)30-13-20(27)24(2)3/h7-8,11,14H,6,9-10,12-13H2,1-5H3,(H,23,26). The lowest BCUT2D eigenvalue weighted by molar-refractivity contribution is -0.130. The molecule has 1 heterocycles. The number of benzene rings is 1. The minimum atomic E-state index is -0.144. The summed E-state index contributed by atoms with van der Waals surface area (Å²) >= 11 is 1.52. The van der Waals surface area contributed by atoms with E-state index in [1.807, 2.05) is 17.5 Å². The lowest BCUT2D eigenvalue weighted by Crippen LogP contribution is -2.29. The summed E-state index contributed by atoms with van der Waals surface area (Å²) in [5.74, 6) is 0.911. The molecule has 0 saturated carbocycles. The van der Waals surface area contributed by atoms with Crippen LogP contribution in [0.2, 0.25) is 0 Å². The second kappa shape index (κ2) is 12.1. The maximum Gasteiger partial charge on any atom is 0.259 e. The molecule has 0 unspecified atom stereocenters. The second-order valence-corrected chi connectivity index (χ2v) is 7.69. The third-order valence-electron chi connectivity index (χ3n) is 4.46. The Morgan fingerprint density at radius 3 is 2.65 bits per heavy atom. The van der Waals surface area contributed by atoms with Gasteiger partial charge in [-0.1, -0.05) is 0 Å². The number of rotatable bonds is 11. The minimum Gasteiger partial charge on any atom is -0.497 e. The van der Waals surface area contributed by atoms with Crippen LogP contribution in [0, 0.1) is 0 Å². The molecule has 0 aliphatic carbocycles. The van der Waals surface area contributed by atoms with Crippen molar-refractivity contribution in [2.75, 3.05) is 55.1 Å². The van der Waals surface area contributed by atoms with E-state index in [4.69, 9.17) is 14.2 Å². The minimum absolute atomic E-state index is 0.0462. The quantitative estimate of drug-likeness (QED) is 0.522. The van der Waals surface area contributed by atoms with E-state index in [2.05, 4.69) is 14.9 Å². The van der Waals surface area contributed by atoms with E-state index < -0.39 is 0 Å². The molecule has 0 radical (unpaired) electrons. The molecule has 1 aromatic heterocycles. The predicted molar refractivity (Wildman–Crippen MR) is 119 cm³/mol. The highest BCUT2D eigenvalue weighted by Crippen LogP contribution is 2.34. The Kier molecular flexibility index (Phi) is 9.54.